The topological polar surface area (TPSA) is 53.1 Å². The highest BCUT2D eigenvalue weighted by Crippen LogP contribution is 2.18. The highest BCUT2D eigenvalue weighted by Gasteiger charge is 2.14. The molecule has 1 aromatic heterocycles. The molecule has 0 saturated heterocycles. The summed E-state index contributed by atoms with van der Waals surface area (Å²) in [5.41, 5.74) is 7.23. The lowest BCUT2D eigenvalue weighted by Crippen LogP contribution is -2.21. The minimum absolute atomic E-state index is 0.0132. The van der Waals surface area contributed by atoms with Crippen molar-refractivity contribution in [1.82, 2.24) is 9.55 Å². The van der Waals surface area contributed by atoms with E-state index >= 15 is 0 Å². The van der Waals surface area contributed by atoms with Crippen LogP contribution in [0.1, 0.15) is 25.6 Å². The molecule has 0 spiro atoms. The van der Waals surface area contributed by atoms with Crippen molar-refractivity contribution in [3.8, 4) is 5.75 Å². The summed E-state index contributed by atoms with van der Waals surface area (Å²) in [6, 6.07) is 9.82. The molecular formula is C15H21N3O. The maximum absolute atomic E-state index is 6.16. The fourth-order valence-electron chi connectivity index (χ4n) is 1.92. The van der Waals surface area contributed by atoms with Crippen molar-refractivity contribution in [2.24, 2.45) is 11.7 Å². The maximum Gasteiger partial charge on any atom is 0.119 e. The Bertz CT molecular complexity index is 493. The predicted molar refractivity (Wildman–Crippen MR) is 75.9 cm³/mol. The Morgan fingerprint density at radius 2 is 2.00 bits per heavy atom. The molecule has 19 heavy (non-hydrogen) atoms. The van der Waals surface area contributed by atoms with E-state index in [0.717, 1.165) is 18.0 Å². The lowest BCUT2D eigenvalue weighted by molar-refractivity contribution is 0.294. The Morgan fingerprint density at radius 3 is 2.68 bits per heavy atom. The first kappa shape index (κ1) is 13.6. The molecule has 0 aliphatic rings. The Hall–Kier alpha value is -1.81. The summed E-state index contributed by atoms with van der Waals surface area (Å²) in [4.78, 5) is 4.18. The van der Waals surface area contributed by atoms with Crippen molar-refractivity contribution in [3.63, 3.8) is 0 Å². The summed E-state index contributed by atoms with van der Waals surface area (Å²) in [6.07, 6.45) is 3.65. The van der Waals surface area contributed by atoms with Gasteiger partial charge < -0.3 is 15.0 Å². The maximum atomic E-state index is 6.16. The molecule has 1 heterocycles. The van der Waals surface area contributed by atoms with Gasteiger partial charge in [-0.25, -0.2) is 4.98 Å². The minimum atomic E-state index is 0.0132. The van der Waals surface area contributed by atoms with Gasteiger partial charge >= 0.3 is 0 Å². The SMILES string of the molecule is CC(C)C(N)c1cncn1CCOc1ccccc1. The summed E-state index contributed by atoms with van der Waals surface area (Å²) < 4.78 is 7.75. The molecule has 0 aliphatic carbocycles. The zero-order valence-corrected chi connectivity index (χ0v) is 11.5. The number of imidazole rings is 1. The van der Waals surface area contributed by atoms with E-state index in [-0.39, 0.29) is 6.04 Å². The fraction of sp³-hybridized carbons (Fsp3) is 0.400. The lowest BCUT2D eigenvalue weighted by Gasteiger charge is -2.18. The quantitative estimate of drug-likeness (QED) is 0.867. The first-order valence-corrected chi connectivity index (χ1v) is 6.62. The van der Waals surface area contributed by atoms with Crippen molar-refractivity contribution in [2.45, 2.75) is 26.4 Å². The lowest BCUT2D eigenvalue weighted by atomic mass is 10.0. The van der Waals surface area contributed by atoms with Crippen LogP contribution < -0.4 is 10.5 Å². The van der Waals surface area contributed by atoms with E-state index in [0.29, 0.717) is 12.5 Å². The van der Waals surface area contributed by atoms with Gasteiger partial charge in [0.2, 0.25) is 0 Å². The monoisotopic (exact) mass is 259 g/mol. The van der Waals surface area contributed by atoms with Gasteiger partial charge in [0.25, 0.3) is 0 Å². The van der Waals surface area contributed by atoms with Crippen LogP contribution in [-0.2, 0) is 6.54 Å². The molecule has 1 atom stereocenters. The molecule has 2 N–H and O–H groups in total. The molecule has 0 aliphatic heterocycles. The predicted octanol–water partition coefficient (Wildman–Crippen LogP) is 2.62. The van der Waals surface area contributed by atoms with E-state index in [1.54, 1.807) is 0 Å². The number of hydrogen-bond acceptors (Lipinski definition) is 3. The standard InChI is InChI=1S/C15H21N3O/c1-12(2)15(16)14-10-17-11-18(14)8-9-19-13-6-4-3-5-7-13/h3-7,10-12,15H,8-9,16H2,1-2H3. The van der Waals surface area contributed by atoms with E-state index in [1.165, 1.54) is 0 Å². The summed E-state index contributed by atoms with van der Waals surface area (Å²) >= 11 is 0. The van der Waals surface area contributed by atoms with Crippen LogP contribution in [0, 0.1) is 5.92 Å². The average Bonchev–Trinajstić information content (AvgIpc) is 2.87. The second-order valence-corrected chi connectivity index (χ2v) is 4.94. The number of aromatic nitrogens is 2. The molecule has 0 bridgehead atoms. The number of nitrogens with two attached hydrogens (primary N) is 1. The zero-order valence-electron chi connectivity index (χ0n) is 11.5. The van der Waals surface area contributed by atoms with Crippen LogP contribution in [0.3, 0.4) is 0 Å². The van der Waals surface area contributed by atoms with E-state index in [2.05, 4.69) is 23.4 Å². The van der Waals surface area contributed by atoms with Gasteiger partial charge in [-0.15, -0.1) is 0 Å². The second-order valence-electron chi connectivity index (χ2n) is 4.94. The number of hydrogen-bond donors (Lipinski definition) is 1. The molecule has 0 radical (unpaired) electrons. The molecule has 102 valence electrons. The van der Waals surface area contributed by atoms with Crippen molar-refractivity contribution >= 4 is 0 Å². The molecule has 4 heteroatoms. The van der Waals surface area contributed by atoms with E-state index < -0.39 is 0 Å². The van der Waals surface area contributed by atoms with Gasteiger partial charge in [-0.05, 0) is 18.1 Å². The molecule has 0 saturated carbocycles. The van der Waals surface area contributed by atoms with Crippen LogP contribution in [0.5, 0.6) is 5.75 Å². The Labute approximate surface area is 114 Å². The molecule has 4 nitrogen and oxygen atoms in total. The first-order chi connectivity index (χ1) is 9.18. The zero-order chi connectivity index (χ0) is 13.7. The third-order valence-electron chi connectivity index (χ3n) is 3.15. The number of benzene rings is 1. The molecular weight excluding hydrogens is 238 g/mol. The van der Waals surface area contributed by atoms with Gasteiger partial charge in [0.05, 0.1) is 18.6 Å². The normalized spacial score (nSPS) is 12.6. The molecule has 2 aromatic rings. The highest BCUT2D eigenvalue weighted by molar-refractivity contribution is 5.20. The summed E-state index contributed by atoms with van der Waals surface area (Å²) in [7, 11) is 0. The van der Waals surface area contributed by atoms with Crippen molar-refractivity contribution < 1.29 is 4.74 Å². The molecule has 1 unspecified atom stereocenters. The van der Waals surface area contributed by atoms with Crippen molar-refractivity contribution in [3.05, 3.63) is 48.5 Å². The summed E-state index contributed by atoms with van der Waals surface area (Å²) in [5, 5.41) is 0. The Balaban J connectivity index is 1.92. The van der Waals surface area contributed by atoms with Gasteiger partial charge in [-0.1, -0.05) is 32.0 Å². The van der Waals surface area contributed by atoms with Crippen molar-refractivity contribution in [1.29, 1.82) is 0 Å². The first-order valence-electron chi connectivity index (χ1n) is 6.62. The Morgan fingerprint density at radius 1 is 1.26 bits per heavy atom. The second kappa shape index (κ2) is 6.38. The van der Waals surface area contributed by atoms with Gasteiger partial charge in [-0.2, -0.15) is 0 Å². The fourth-order valence-corrected chi connectivity index (χ4v) is 1.92. The van der Waals surface area contributed by atoms with Crippen LogP contribution in [0.2, 0.25) is 0 Å². The van der Waals surface area contributed by atoms with Crippen LogP contribution in [0.15, 0.2) is 42.9 Å². The van der Waals surface area contributed by atoms with E-state index in [9.17, 15) is 0 Å². The van der Waals surface area contributed by atoms with Crippen LogP contribution in [0.4, 0.5) is 0 Å². The summed E-state index contributed by atoms with van der Waals surface area (Å²) in [5.74, 6) is 1.28. The highest BCUT2D eigenvalue weighted by atomic mass is 16.5. The van der Waals surface area contributed by atoms with E-state index in [1.807, 2.05) is 42.9 Å². The molecule has 2 rings (SSSR count). The van der Waals surface area contributed by atoms with Gasteiger partial charge in [-0.3, -0.25) is 0 Å². The van der Waals surface area contributed by atoms with E-state index in [4.69, 9.17) is 10.5 Å². The average molecular weight is 259 g/mol. The number of nitrogens with zero attached hydrogens (tertiary/aromatic N) is 2. The number of rotatable bonds is 6. The van der Waals surface area contributed by atoms with Crippen molar-refractivity contribution in [2.75, 3.05) is 6.61 Å². The smallest absolute Gasteiger partial charge is 0.119 e. The summed E-state index contributed by atoms with van der Waals surface area (Å²) in [6.45, 7) is 5.59. The molecule has 0 amide bonds. The third-order valence-corrected chi connectivity index (χ3v) is 3.15. The van der Waals surface area contributed by atoms with Crippen LogP contribution >= 0.6 is 0 Å². The molecule has 1 aromatic carbocycles. The van der Waals surface area contributed by atoms with Gasteiger partial charge in [0.1, 0.15) is 12.4 Å². The third kappa shape index (κ3) is 3.58. The van der Waals surface area contributed by atoms with Gasteiger partial charge in [0.15, 0.2) is 0 Å². The molecule has 0 fully saturated rings. The largest absolute Gasteiger partial charge is 0.492 e. The Kier molecular flexibility index (Phi) is 4.58. The number of ether oxygens (including phenoxy) is 1. The van der Waals surface area contributed by atoms with Crippen LogP contribution in [-0.4, -0.2) is 16.2 Å². The number of para-hydroxylation sites is 1. The van der Waals surface area contributed by atoms with Gasteiger partial charge in [0, 0.05) is 12.2 Å². The van der Waals surface area contributed by atoms with Crippen LogP contribution in [0.25, 0.3) is 0 Å². The minimum Gasteiger partial charge on any atom is -0.492 e.